The third-order valence-electron chi connectivity index (χ3n) is 8.37. The van der Waals surface area contributed by atoms with Crippen molar-refractivity contribution in [3.63, 3.8) is 0 Å². The van der Waals surface area contributed by atoms with Gasteiger partial charge in [0.05, 0.1) is 0 Å². The third-order valence-corrected chi connectivity index (χ3v) is 8.37. The fraction of sp³-hybridized carbons (Fsp3) is 0. The third kappa shape index (κ3) is 2.18. The van der Waals surface area contributed by atoms with Gasteiger partial charge in [-0.25, -0.2) is 0 Å². The van der Waals surface area contributed by atoms with Gasteiger partial charge >= 0.3 is 6.85 Å². The Bertz CT molecular complexity index is 2060. The van der Waals surface area contributed by atoms with E-state index in [0.717, 1.165) is 0 Å². The molecule has 2 aliphatic heterocycles. The standard InChI is InChI=1S/C34H20BN/c1-2-11-23-21(9-1)10-7-14-24(23)22-19-29-26-13-4-6-18-32(26)35-31-17-5-3-12-25(31)27-15-8-16-28-30(20-22)34(29)36(35)33(27)28/h1-20H. The summed E-state index contributed by atoms with van der Waals surface area (Å²) in [6.07, 6.45) is 0. The van der Waals surface area contributed by atoms with Crippen molar-refractivity contribution in [2.24, 2.45) is 0 Å². The van der Waals surface area contributed by atoms with Crippen LogP contribution in [0.5, 0.6) is 0 Å². The van der Waals surface area contributed by atoms with E-state index in [2.05, 4.69) is 126 Å². The minimum Gasteiger partial charge on any atom is -0.375 e. The number of benzene rings is 6. The first kappa shape index (κ1) is 18.7. The molecule has 0 atom stereocenters. The van der Waals surface area contributed by atoms with Crippen molar-refractivity contribution in [1.82, 2.24) is 4.48 Å². The summed E-state index contributed by atoms with van der Waals surface area (Å²) in [4.78, 5) is 0. The Kier molecular flexibility index (Phi) is 3.41. The number of hydrogen-bond acceptors (Lipinski definition) is 0. The van der Waals surface area contributed by atoms with Crippen LogP contribution in [0.4, 0.5) is 0 Å². The summed E-state index contributed by atoms with van der Waals surface area (Å²) in [7, 11) is 0. The van der Waals surface area contributed by atoms with Crippen LogP contribution in [0.15, 0.2) is 121 Å². The highest BCUT2D eigenvalue weighted by Crippen LogP contribution is 2.46. The maximum Gasteiger partial charge on any atom is 0.329 e. The summed E-state index contributed by atoms with van der Waals surface area (Å²) in [5.41, 5.74) is 13.5. The molecule has 7 aromatic rings. The molecule has 0 N–H and O–H groups in total. The highest BCUT2D eigenvalue weighted by Gasteiger charge is 2.39. The fourth-order valence-electron chi connectivity index (χ4n) is 6.95. The van der Waals surface area contributed by atoms with Gasteiger partial charge in [0.25, 0.3) is 0 Å². The number of fused-ring (bicyclic) bond motifs is 8. The lowest BCUT2D eigenvalue weighted by Crippen LogP contribution is -2.53. The average Bonchev–Trinajstić information content (AvgIpc) is 3.28. The molecule has 2 heteroatoms. The van der Waals surface area contributed by atoms with Gasteiger partial charge in [0, 0.05) is 32.9 Å². The number of aromatic nitrogens is 1. The lowest BCUT2D eigenvalue weighted by Gasteiger charge is -2.32. The van der Waals surface area contributed by atoms with Crippen molar-refractivity contribution >= 4 is 50.4 Å². The normalized spacial score (nSPS) is 12.9. The molecule has 6 aromatic carbocycles. The van der Waals surface area contributed by atoms with Crippen molar-refractivity contribution in [3.8, 4) is 33.4 Å². The van der Waals surface area contributed by atoms with Gasteiger partial charge in [0.15, 0.2) is 0 Å². The molecule has 1 aromatic heterocycles. The molecule has 0 fully saturated rings. The van der Waals surface area contributed by atoms with E-state index >= 15 is 0 Å². The fourth-order valence-corrected chi connectivity index (χ4v) is 6.95. The minimum atomic E-state index is 0.197. The van der Waals surface area contributed by atoms with E-state index in [1.807, 2.05) is 0 Å². The summed E-state index contributed by atoms with van der Waals surface area (Å²) in [6, 6.07) is 45.1. The lowest BCUT2D eigenvalue weighted by atomic mass is 9.45. The van der Waals surface area contributed by atoms with E-state index in [1.165, 1.54) is 76.9 Å². The van der Waals surface area contributed by atoms with Gasteiger partial charge < -0.3 is 4.48 Å². The summed E-state index contributed by atoms with van der Waals surface area (Å²) in [6.45, 7) is 0.197. The number of hydrogen-bond donors (Lipinski definition) is 0. The van der Waals surface area contributed by atoms with Crippen LogP contribution in [0.25, 0.3) is 66.0 Å². The first-order chi connectivity index (χ1) is 17.9. The predicted octanol–water partition coefficient (Wildman–Crippen LogP) is 7.23. The van der Waals surface area contributed by atoms with Crippen LogP contribution < -0.4 is 10.9 Å². The maximum atomic E-state index is 2.63. The van der Waals surface area contributed by atoms with Gasteiger partial charge in [-0.2, -0.15) is 0 Å². The zero-order valence-electron chi connectivity index (χ0n) is 19.6. The highest BCUT2D eigenvalue weighted by atomic mass is 14.9. The van der Waals surface area contributed by atoms with Crippen LogP contribution in [0.3, 0.4) is 0 Å². The van der Waals surface area contributed by atoms with Crippen LogP contribution in [0, 0.1) is 0 Å². The Hall–Kier alpha value is -4.56. The largest absolute Gasteiger partial charge is 0.375 e. The van der Waals surface area contributed by atoms with Crippen molar-refractivity contribution in [2.45, 2.75) is 0 Å². The molecule has 0 radical (unpaired) electrons. The summed E-state index contributed by atoms with van der Waals surface area (Å²) in [5.74, 6) is 0. The summed E-state index contributed by atoms with van der Waals surface area (Å²) < 4.78 is 2.63. The Morgan fingerprint density at radius 1 is 0.417 bits per heavy atom. The van der Waals surface area contributed by atoms with Crippen molar-refractivity contribution in [1.29, 1.82) is 0 Å². The van der Waals surface area contributed by atoms with Gasteiger partial charge in [-0.15, -0.1) is 0 Å². The minimum absolute atomic E-state index is 0.197. The zero-order chi connectivity index (χ0) is 23.4. The second-order valence-corrected chi connectivity index (χ2v) is 10.1. The monoisotopic (exact) mass is 453 g/mol. The lowest BCUT2D eigenvalue weighted by molar-refractivity contribution is 1.31. The molecule has 0 aliphatic carbocycles. The zero-order valence-corrected chi connectivity index (χ0v) is 19.6. The molecule has 2 aliphatic rings. The summed E-state index contributed by atoms with van der Waals surface area (Å²) >= 11 is 0. The van der Waals surface area contributed by atoms with Crippen molar-refractivity contribution in [3.05, 3.63) is 121 Å². The second kappa shape index (κ2) is 6.56. The van der Waals surface area contributed by atoms with Gasteiger partial charge in [-0.05, 0) is 56.1 Å². The molecule has 9 rings (SSSR count). The molecule has 0 saturated heterocycles. The van der Waals surface area contributed by atoms with Gasteiger partial charge in [-0.1, -0.05) is 109 Å². The Morgan fingerprint density at radius 3 is 1.86 bits per heavy atom. The van der Waals surface area contributed by atoms with Crippen LogP contribution in [0.2, 0.25) is 0 Å². The van der Waals surface area contributed by atoms with E-state index in [-0.39, 0.29) is 6.85 Å². The first-order valence-electron chi connectivity index (χ1n) is 12.7. The Balaban J connectivity index is 1.51. The highest BCUT2D eigenvalue weighted by molar-refractivity contribution is 6.88. The van der Waals surface area contributed by atoms with Crippen LogP contribution in [-0.2, 0) is 0 Å². The predicted molar refractivity (Wildman–Crippen MR) is 154 cm³/mol. The number of nitrogens with zero attached hydrogens (tertiary/aromatic N) is 1. The summed E-state index contributed by atoms with van der Waals surface area (Å²) in [5, 5.41) is 5.27. The van der Waals surface area contributed by atoms with Crippen molar-refractivity contribution in [2.75, 3.05) is 0 Å². The Morgan fingerprint density at radius 2 is 1.00 bits per heavy atom. The molecule has 0 unspecified atom stereocenters. The molecule has 0 saturated carbocycles. The quantitative estimate of drug-likeness (QED) is 0.231. The number of para-hydroxylation sites is 1. The van der Waals surface area contributed by atoms with Gasteiger partial charge in [0.1, 0.15) is 0 Å². The van der Waals surface area contributed by atoms with E-state index in [1.54, 1.807) is 0 Å². The maximum absolute atomic E-state index is 2.63. The molecule has 36 heavy (non-hydrogen) atoms. The average molecular weight is 453 g/mol. The van der Waals surface area contributed by atoms with E-state index in [4.69, 9.17) is 0 Å². The number of rotatable bonds is 1. The molecular weight excluding hydrogens is 433 g/mol. The molecule has 1 nitrogen and oxygen atoms in total. The Labute approximate surface area is 209 Å². The molecule has 164 valence electrons. The van der Waals surface area contributed by atoms with Crippen LogP contribution >= 0.6 is 0 Å². The molecular formula is C34H20BN. The SMILES string of the molecule is c1ccc2c(c1)B1c3ccccc3-c3cc(-c4cccc5ccccc45)cc4c5cccc-2c5n1c34. The first-order valence-corrected chi connectivity index (χ1v) is 12.7. The van der Waals surface area contributed by atoms with Gasteiger partial charge in [0.2, 0.25) is 0 Å². The van der Waals surface area contributed by atoms with Crippen molar-refractivity contribution < 1.29 is 0 Å². The van der Waals surface area contributed by atoms with Crippen LogP contribution in [-0.4, -0.2) is 11.3 Å². The second-order valence-electron chi connectivity index (χ2n) is 10.1. The smallest absolute Gasteiger partial charge is 0.329 e. The van der Waals surface area contributed by atoms with E-state index < -0.39 is 0 Å². The van der Waals surface area contributed by atoms with E-state index in [0.29, 0.717) is 0 Å². The topological polar surface area (TPSA) is 4.93 Å². The molecule has 0 spiro atoms. The van der Waals surface area contributed by atoms with Gasteiger partial charge in [-0.3, -0.25) is 0 Å². The van der Waals surface area contributed by atoms with Crippen LogP contribution in [0.1, 0.15) is 0 Å². The molecule has 0 amide bonds. The molecule has 3 heterocycles. The van der Waals surface area contributed by atoms with E-state index in [9.17, 15) is 0 Å². The molecule has 0 bridgehead atoms.